The summed E-state index contributed by atoms with van der Waals surface area (Å²) in [5.41, 5.74) is 4.68. The van der Waals surface area contributed by atoms with Gasteiger partial charge in [0.15, 0.2) is 5.01 Å². The number of likely N-dealkylation sites (tertiary alicyclic amines) is 1. The first kappa shape index (κ1) is 43.8. The molecule has 62 heavy (non-hydrogen) atoms. The van der Waals surface area contributed by atoms with Gasteiger partial charge in [-0.15, -0.1) is 10.2 Å². The van der Waals surface area contributed by atoms with Crippen molar-refractivity contribution in [2.45, 2.75) is 109 Å². The van der Waals surface area contributed by atoms with Gasteiger partial charge in [0.05, 0.1) is 46.4 Å². The molecule has 5 heterocycles. The molecule has 0 spiro atoms. The maximum absolute atomic E-state index is 14.0. The lowest BCUT2D eigenvalue weighted by Gasteiger charge is -2.35. The number of benzene rings is 1. The number of anilines is 1. The number of rotatable bonds is 13. The molecule has 2 fully saturated rings. The maximum Gasteiger partial charge on any atom is 0.246 e. The molecular formula is C45H53N11O5S. The Morgan fingerprint density at radius 2 is 1.71 bits per heavy atom. The summed E-state index contributed by atoms with van der Waals surface area (Å²) in [6.45, 7) is 7.32. The first-order valence-electron chi connectivity index (χ1n) is 21.0. The average Bonchev–Trinajstić information content (AvgIpc) is 4.03. The standard InChI is InChI=1S/C45H53N11O5S/c1-26(28-9-7-6-8-10-28)50-41(60)37-20-32(57)25-55(37)44(61)40(45(2,3)4)52-39(59)18-17-38(58)51-30-13-11-29(12-14-30)42-53-54-43(62-42)33-24-48-35(21-34(33)47-5)36-16-15-31-19-27(22-46)23-49-56(31)36/h6-10,15-16,19,21,23-24,26,29-30,32,37,40,57H,11-14,17-18,20,25H2,1-5H3,(H,47,48)(H,50,60)(H,51,58)(H,52,59)/t26-,29?,30?,32+,37-,40+/m0/s1. The first-order valence-corrected chi connectivity index (χ1v) is 21.9. The minimum Gasteiger partial charge on any atom is -0.391 e. The van der Waals surface area contributed by atoms with Crippen molar-refractivity contribution < 1.29 is 24.3 Å². The molecule has 1 aliphatic heterocycles. The van der Waals surface area contributed by atoms with Crippen molar-refractivity contribution in [3.63, 3.8) is 0 Å². The van der Waals surface area contributed by atoms with Crippen LogP contribution in [0.2, 0.25) is 0 Å². The van der Waals surface area contributed by atoms with Crippen LogP contribution in [-0.4, -0.2) is 96.3 Å². The van der Waals surface area contributed by atoms with E-state index < -0.39 is 35.4 Å². The van der Waals surface area contributed by atoms with Gasteiger partial charge in [0.1, 0.15) is 23.2 Å². The molecule has 0 bridgehead atoms. The highest BCUT2D eigenvalue weighted by Crippen LogP contribution is 2.39. The third-order valence-electron chi connectivity index (χ3n) is 11.7. The minimum absolute atomic E-state index is 0.0224. The molecule has 1 saturated carbocycles. The Morgan fingerprint density at radius 3 is 2.42 bits per heavy atom. The molecule has 4 atom stereocenters. The number of carbonyl (C=O) groups is 4. The van der Waals surface area contributed by atoms with Gasteiger partial charge in [-0.1, -0.05) is 62.4 Å². The smallest absolute Gasteiger partial charge is 0.246 e. The fourth-order valence-corrected chi connectivity index (χ4v) is 9.27. The van der Waals surface area contributed by atoms with E-state index in [1.165, 1.54) is 22.4 Å². The lowest BCUT2D eigenvalue weighted by molar-refractivity contribution is -0.144. The number of aliphatic hydroxyl groups is 1. The second kappa shape index (κ2) is 18.8. The molecule has 4 amide bonds. The molecule has 16 nitrogen and oxygen atoms in total. The Labute approximate surface area is 364 Å². The van der Waals surface area contributed by atoms with Gasteiger partial charge in [0.2, 0.25) is 23.6 Å². The van der Waals surface area contributed by atoms with Crippen LogP contribution < -0.4 is 21.3 Å². The molecular weight excluding hydrogens is 807 g/mol. The minimum atomic E-state index is -0.981. The Morgan fingerprint density at radius 1 is 0.968 bits per heavy atom. The summed E-state index contributed by atoms with van der Waals surface area (Å²) < 4.78 is 1.75. The third-order valence-corrected chi connectivity index (χ3v) is 12.8. The topological polar surface area (TPSA) is 220 Å². The van der Waals surface area contributed by atoms with Crippen LogP contribution in [0.3, 0.4) is 0 Å². The summed E-state index contributed by atoms with van der Waals surface area (Å²) in [6.07, 6.45) is 5.54. The molecule has 17 heteroatoms. The molecule has 7 rings (SSSR count). The lowest BCUT2D eigenvalue weighted by Crippen LogP contribution is -2.57. The molecule has 324 valence electrons. The highest BCUT2D eigenvalue weighted by molar-refractivity contribution is 7.14. The second-order valence-corrected chi connectivity index (χ2v) is 18.3. The molecule has 1 saturated heterocycles. The van der Waals surface area contributed by atoms with E-state index >= 15 is 0 Å². The second-order valence-electron chi connectivity index (χ2n) is 17.2. The number of nitriles is 1. The summed E-state index contributed by atoms with van der Waals surface area (Å²) in [4.78, 5) is 59.8. The van der Waals surface area contributed by atoms with E-state index in [4.69, 9.17) is 4.98 Å². The van der Waals surface area contributed by atoms with E-state index in [2.05, 4.69) is 42.6 Å². The van der Waals surface area contributed by atoms with Crippen molar-refractivity contribution in [2.24, 2.45) is 5.41 Å². The number of nitrogens with zero attached hydrogens (tertiary/aromatic N) is 7. The maximum atomic E-state index is 14.0. The van der Waals surface area contributed by atoms with Crippen molar-refractivity contribution >= 4 is 46.2 Å². The normalized spacial score (nSPS) is 19.9. The Balaban J connectivity index is 0.890. The summed E-state index contributed by atoms with van der Waals surface area (Å²) in [5, 5.41) is 47.1. The first-order chi connectivity index (χ1) is 29.7. The van der Waals surface area contributed by atoms with Crippen LogP contribution in [-0.2, 0) is 19.2 Å². The van der Waals surface area contributed by atoms with Gasteiger partial charge in [-0.05, 0) is 67.9 Å². The largest absolute Gasteiger partial charge is 0.391 e. The molecule has 0 radical (unpaired) electrons. The summed E-state index contributed by atoms with van der Waals surface area (Å²) in [6, 6.07) is 16.9. The van der Waals surface area contributed by atoms with Crippen molar-refractivity contribution in [3.8, 4) is 28.0 Å². The number of hydrogen-bond donors (Lipinski definition) is 5. The number of fused-ring (bicyclic) bond motifs is 1. The molecule has 5 aromatic rings. The highest BCUT2D eigenvalue weighted by Gasteiger charge is 2.44. The predicted octanol–water partition coefficient (Wildman–Crippen LogP) is 5.12. The number of amides is 4. The molecule has 2 aliphatic rings. The van der Waals surface area contributed by atoms with Crippen LogP contribution in [0.4, 0.5) is 5.69 Å². The van der Waals surface area contributed by atoms with Crippen molar-refractivity contribution in [1.29, 1.82) is 5.26 Å². The zero-order valence-electron chi connectivity index (χ0n) is 35.6. The Hall–Kier alpha value is -6.25. The van der Waals surface area contributed by atoms with Gasteiger partial charge in [0.25, 0.3) is 0 Å². The molecule has 1 aliphatic carbocycles. The van der Waals surface area contributed by atoms with E-state index in [0.29, 0.717) is 5.56 Å². The van der Waals surface area contributed by atoms with Gasteiger partial charge in [-0.3, -0.25) is 24.2 Å². The number of aromatic nitrogens is 5. The third kappa shape index (κ3) is 9.93. The van der Waals surface area contributed by atoms with Crippen LogP contribution in [0, 0.1) is 16.7 Å². The van der Waals surface area contributed by atoms with Crippen LogP contribution in [0.5, 0.6) is 0 Å². The van der Waals surface area contributed by atoms with E-state index in [0.717, 1.165) is 69.4 Å². The van der Waals surface area contributed by atoms with Gasteiger partial charge in [-0.25, -0.2) is 4.52 Å². The van der Waals surface area contributed by atoms with Gasteiger partial charge in [0, 0.05) is 56.7 Å². The van der Waals surface area contributed by atoms with Crippen LogP contribution in [0.1, 0.15) is 101 Å². The number of pyridine rings is 1. The summed E-state index contributed by atoms with van der Waals surface area (Å²) in [5.74, 6) is -1.31. The van der Waals surface area contributed by atoms with E-state index in [1.807, 2.05) is 83.3 Å². The van der Waals surface area contributed by atoms with Gasteiger partial charge < -0.3 is 31.3 Å². The van der Waals surface area contributed by atoms with E-state index in [1.54, 1.807) is 16.8 Å². The van der Waals surface area contributed by atoms with Crippen LogP contribution in [0.25, 0.3) is 27.5 Å². The summed E-state index contributed by atoms with van der Waals surface area (Å²) >= 11 is 1.54. The number of aliphatic hydroxyl groups excluding tert-OH is 1. The zero-order chi connectivity index (χ0) is 44.1. The quantitative estimate of drug-likeness (QED) is 0.105. The average molecular weight is 860 g/mol. The van der Waals surface area contributed by atoms with Crippen LogP contribution in [0.15, 0.2) is 67.0 Å². The molecule has 0 unspecified atom stereocenters. The molecule has 1 aromatic carbocycles. The lowest BCUT2D eigenvalue weighted by atomic mass is 9.85. The Bertz CT molecular complexity index is 2470. The van der Waals surface area contributed by atoms with Gasteiger partial charge >= 0.3 is 0 Å². The fraction of sp³-hybridized carbons (Fsp3) is 0.444. The zero-order valence-corrected chi connectivity index (χ0v) is 36.4. The number of carbonyl (C=O) groups excluding carboxylic acids is 4. The van der Waals surface area contributed by atoms with Crippen molar-refractivity contribution in [2.75, 3.05) is 18.9 Å². The highest BCUT2D eigenvalue weighted by atomic mass is 32.1. The van der Waals surface area contributed by atoms with Gasteiger partial charge in [-0.2, -0.15) is 10.4 Å². The van der Waals surface area contributed by atoms with E-state index in [9.17, 15) is 29.5 Å². The molecule has 5 N–H and O–H groups in total. The molecule has 4 aromatic heterocycles. The Kier molecular flexibility index (Phi) is 13.3. The fourth-order valence-electron chi connectivity index (χ4n) is 8.24. The number of nitrogens with one attached hydrogen (secondary N) is 4. The number of β-amino-alcohol motifs (C(OH)–C–C–N with tert-alkyl or cyclic N) is 1. The predicted molar refractivity (Wildman–Crippen MR) is 234 cm³/mol. The van der Waals surface area contributed by atoms with Crippen LogP contribution >= 0.6 is 11.3 Å². The summed E-state index contributed by atoms with van der Waals surface area (Å²) in [7, 11) is 1.85. The van der Waals surface area contributed by atoms with Crippen molar-refractivity contribution in [3.05, 3.63) is 83.1 Å². The van der Waals surface area contributed by atoms with Crippen molar-refractivity contribution in [1.82, 2.24) is 45.6 Å². The number of hydrogen-bond acceptors (Lipinski definition) is 12. The van der Waals surface area contributed by atoms with E-state index in [-0.39, 0.29) is 55.6 Å². The monoisotopic (exact) mass is 859 g/mol. The SMILES string of the molecule is CNc1cc(-c2ccc3cc(C#N)cnn23)ncc1-c1nnc(C2CCC(NC(=O)CCC(=O)N[C@H](C(=O)N3C[C@H](O)C[C@H]3C(=O)N[C@@H](C)c3ccccc3)C(C)(C)C)CC2)s1.